The van der Waals surface area contributed by atoms with E-state index >= 15 is 0 Å². The van der Waals surface area contributed by atoms with Crippen molar-refractivity contribution < 1.29 is 14.7 Å². The number of carbonyl (C=O) groups is 2. The van der Waals surface area contributed by atoms with Crippen molar-refractivity contribution in [2.75, 3.05) is 5.75 Å². The molecule has 0 unspecified atom stereocenters. The predicted octanol–water partition coefficient (Wildman–Crippen LogP) is 3.71. The lowest BCUT2D eigenvalue weighted by molar-refractivity contribution is 0.0700. The van der Waals surface area contributed by atoms with E-state index in [1.807, 2.05) is 20.8 Å². The van der Waals surface area contributed by atoms with Gasteiger partial charge < -0.3 is 5.11 Å². The maximum atomic E-state index is 12.2. The zero-order valence-corrected chi connectivity index (χ0v) is 12.3. The molecule has 1 aromatic rings. The lowest BCUT2D eigenvalue weighted by atomic mass is 9.74. The highest BCUT2D eigenvalue weighted by Crippen LogP contribution is 2.44. The third-order valence-electron chi connectivity index (χ3n) is 3.02. The SMILES string of the molecule is CCSc1sc(C(=O)O)c2c1C(=O)CC(C)(C)C2. The Kier molecular flexibility index (Phi) is 3.56. The number of aromatic carboxylic acids is 1. The molecule has 2 rings (SSSR count). The van der Waals surface area contributed by atoms with Gasteiger partial charge in [-0.25, -0.2) is 4.79 Å². The molecule has 5 heteroatoms. The molecule has 3 nitrogen and oxygen atoms in total. The Balaban J connectivity index is 2.59. The molecule has 1 N–H and O–H groups in total. The zero-order chi connectivity index (χ0) is 13.5. The summed E-state index contributed by atoms with van der Waals surface area (Å²) in [6.45, 7) is 6.04. The summed E-state index contributed by atoms with van der Waals surface area (Å²) in [5.41, 5.74) is 1.30. The van der Waals surface area contributed by atoms with Crippen LogP contribution in [-0.2, 0) is 6.42 Å². The standard InChI is InChI=1S/C13H16O3S2/c1-4-17-12-9-7(10(18-12)11(15)16)5-13(2,3)6-8(9)14/h4-6H2,1-3H3,(H,15,16). The van der Waals surface area contributed by atoms with E-state index < -0.39 is 5.97 Å². The van der Waals surface area contributed by atoms with E-state index in [-0.39, 0.29) is 11.2 Å². The summed E-state index contributed by atoms with van der Waals surface area (Å²) >= 11 is 2.82. The van der Waals surface area contributed by atoms with Gasteiger partial charge in [0, 0.05) is 12.0 Å². The van der Waals surface area contributed by atoms with Crippen molar-refractivity contribution >= 4 is 34.9 Å². The number of hydrogen-bond donors (Lipinski definition) is 1. The average Bonchev–Trinajstić information content (AvgIpc) is 2.55. The highest BCUT2D eigenvalue weighted by Gasteiger charge is 2.37. The normalized spacial score (nSPS) is 17.6. The van der Waals surface area contributed by atoms with Crippen LogP contribution in [0.25, 0.3) is 0 Å². The van der Waals surface area contributed by atoms with Crippen molar-refractivity contribution in [1.29, 1.82) is 0 Å². The van der Waals surface area contributed by atoms with Gasteiger partial charge in [0.2, 0.25) is 0 Å². The van der Waals surface area contributed by atoms with Gasteiger partial charge in [-0.05, 0) is 23.2 Å². The number of thiophene rings is 1. The molecule has 0 spiro atoms. The molecule has 0 bridgehead atoms. The molecule has 1 aliphatic carbocycles. The fourth-order valence-electron chi connectivity index (χ4n) is 2.36. The molecule has 1 aromatic heterocycles. The third-order valence-corrected chi connectivity index (χ3v) is 5.39. The number of carboxylic acid groups (broad SMARTS) is 1. The first-order chi connectivity index (χ1) is 8.35. The smallest absolute Gasteiger partial charge is 0.346 e. The molecular formula is C13H16O3S2. The molecule has 0 atom stereocenters. The van der Waals surface area contributed by atoms with Crippen molar-refractivity contribution in [2.45, 2.75) is 37.8 Å². The Morgan fingerprint density at radius 2 is 2.11 bits per heavy atom. The highest BCUT2D eigenvalue weighted by molar-refractivity contribution is 8.01. The first-order valence-electron chi connectivity index (χ1n) is 5.90. The summed E-state index contributed by atoms with van der Waals surface area (Å²) in [6, 6.07) is 0. The summed E-state index contributed by atoms with van der Waals surface area (Å²) in [7, 11) is 0. The average molecular weight is 284 g/mol. The van der Waals surface area contributed by atoms with Crippen molar-refractivity contribution in [3.05, 3.63) is 16.0 Å². The number of rotatable bonds is 3. The fraction of sp³-hybridized carbons (Fsp3) is 0.538. The van der Waals surface area contributed by atoms with Crippen LogP contribution in [0.5, 0.6) is 0 Å². The summed E-state index contributed by atoms with van der Waals surface area (Å²) in [5.74, 6) is 0.0357. The number of carboxylic acids is 1. The van der Waals surface area contributed by atoms with Crippen LogP contribution in [0.3, 0.4) is 0 Å². The van der Waals surface area contributed by atoms with Gasteiger partial charge in [0.15, 0.2) is 5.78 Å². The second-order valence-corrected chi connectivity index (χ2v) is 7.80. The van der Waals surface area contributed by atoms with Gasteiger partial charge in [-0.2, -0.15) is 0 Å². The van der Waals surface area contributed by atoms with Crippen molar-refractivity contribution in [3.8, 4) is 0 Å². The van der Waals surface area contributed by atoms with E-state index in [2.05, 4.69) is 0 Å². The van der Waals surface area contributed by atoms with Crippen LogP contribution < -0.4 is 0 Å². The zero-order valence-electron chi connectivity index (χ0n) is 10.7. The molecule has 0 aromatic carbocycles. The second-order valence-electron chi connectivity index (χ2n) is 5.25. The van der Waals surface area contributed by atoms with E-state index in [0.717, 1.165) is 15.5 Å². The Hall–Kier alpha value is -0.810. The molecule has 0 aliphatic heterocycles. The molecule has 18 heavy (non-hydrogen) atoms. The molecule has 98 valence electrons. The van der Waals surface area contributed by atoms with Gasteiger partial charge in [0.1, 0.15) is 4.88 Å². The van der Waals surface area contributed by atoms with Crippen LogP contribution in [0.1, 0.15) is 52.8 Å². The molecular weight excluding hydrogens is 268 g/mol. The number of ketones is 1. The minimum absolute atomic E-state index is 0.0981. The summed E-state index contributed by atoms with van der Waals surface area (Å²) < 4.78 is 0.880. The van der Waals surface area contributed by atoms with Crippen LogP contribution in [0.2, 0.25) is 0 Å². The Morgan fingerprint density at radius 3 is 2.67 bits per heavy atom. The van der Waals surface area contributed by atoms with Crippen LogP contribution >= 0.6 is 23.1 Å². The number of Topliss-reactive ketones (excluding diaryl/α,β-unsaturated/α-hetero) is 1. The molecule has 0 amide bonds. The topological polar surface area (TPSA) is 54.4 Å². The van der Waals surface area contributed by atoms with Gasteiger partial charge in [-0.15, -0.1) is 23.1 Å². The molecule has 0 radical (unpaired) electrons. The summed E-state index contributed by atoms with van der Waals surface area (Å²) in [6.07, 6.45) is 1.18. The summed E-state index contributed by atoms with van der Waals surface area (Å²) in [4.78, 5) is 23.9. The van der Waals surface area contributed by atoms with Crippen LogP contribution in [0, 0.1) is 5.41 Å². The second kappa shape index (κ2) is 4.70. The molecule has 0 saturated heterocycles. The van der Waals surface area contributed by atoms with Gasteiger partial charge in [0.25, 0.3) is 0 Å². The minimum Gasteiger partial charge on any atom is -0.477 e. The first-order valence-corrected chi connectivity index (χ1v) is 7.71. The van der Waals surface area contributed by atoms with E-state index in [0.29, 0.717) is 23.3 Å². The molecule has 1 aliphatic rings. The fourth-order valence-corrected chi connectivity index (χ4v) is 4.75. The van der Waals surface area contributed by atoms with E-state index in [1.165, 1.54) is 11.3 Å². The van der Waals surface area contributed by atoms with E-state index in [9.17, 15) is 14.7 Å². The van der Waals surface area contributed by atoms with E-state index in [4.69, 9.17) is 0 Å². The van der Waals surface area contributed by atoms with Crippen molar-refractivity contribution in [1.82, 2.24) is 0 Å². The number of carbonyl (C=O) groups excluding carboxylic acids is 1. The van der Waals surface area contributed by atoms with Crippen LogP contribution in [0.15, 0.2) is 4.21 Å². The maximum absolute atomic E-state index is 12.2. The lowest BCUT2D eigenvalue weighted by Gasteiger charge is -2.29. The Morgan fingerprint density at radius 1 is 1.44 bits per heavy atom. The van der Waals surface area contributed by atoms with Crippen LogP contribution in [-0.4, -0.2) is 22.6 Å². The molecule has 0 saturated carbocycles. The minimum atomic E-state index is -0.912. The van der Waals surface area contributed by atoms with E-state index in [1.54, 1.807) is 11.8 Å². The maximum Gasteiger partial charge on any atom is 0.346 e. The monoisotopic (exact) mass is 284 g/mol. The van der Waals surface area contributed by atoms with Gasteiger partial charge in [-0.3, -0.25) is 4.79 Å². The quantitative estimate of drug-likeness (QED) is 0.860. The predicted molar refractivity (Wildman–Crippen MR) is 74.1 cm³/mol. The van der Waals surface area contributed by atoms with Crippen LogP contribution in [0.4, 0.5) is 0 Å². The third kappa shape index (κ3) is 2.34. The summed E-state index contributed by atoms with van der Waals surface area (Å²) in [5, 5.41) is 9.27. The van der Waals surface area contributed by atoms with Crippen molar-refractivity contribution in [2.24, 2.45) is 5.41 Å². The largest absolute Gasteiger partial charge is 0.477 e. The first kappa shape index (κ1) is 13.6. The van der Waals surface area contributed by atoms with Gasteiger partial charge >= 0.3 is 5.97 Å². The highest BCUT2D eigenvalue weighted by atomic mass is 32.2. The van der Waals surface area contributed by atoms with Gasteiger partial charge in [-0.1, -0.05) is 20.8 Å². The molecule has 0 fully saturated rings. The van der Waals surface area contributed by atoms with Crippen molar-refractivity contribution in [3.63, 3.8) is 0 Å². The lowest BCUT2D eigenvalue weighted by Crippen LogP contribution is -2.27. The Labute approximate surface area is 115 Å². The number of thioether (sulfide) groups is 1. The number of hydrogen-bond acceptors (Lipinski definition) is 4. The number of fused-ring (bicyclic) bond motifs is 1. The van der Waals surface area contributed by atoms with Gasteiger partial charge in [0.05, 0.1) is 4.21 Å². The Bertz CT molecular complexity index is 515. The molecule has 1 heterocycles.